The Kier molecular flexibility index (Phi) is 4.18. The number of hydrogen-bond donors (Lipinski definition) is 1. The minimum absolute atomic E-state index is 0.0433. The number of nitrogens with two attached hydrogens (primary N) is 1. The number of benzene rings is 1. The number of carbonyl (C=O) groups is 1. The summed E-state index contributed by atoms with van der Waals surface area (Å²) in [6, 6.07) is 5.63. The molecule has 0 saturated carbocycles. The highest BCUT2D eigenvalue weighted by atomic mass is 19.1. The van der Waals surface area contributed by atoms with Crippen LogP contribution in [0.1, 0.15) is 12.0 Å². The smallest absolute Gasteiger partial charge is 0.154 e. The van der Waals surface area contributed by atoms with Crippen molar-refractivity contribution in [2.75, 3.05) is 0 Å². The van der Waals surface area contributed by atoms with E-state index >= 15 is 0 Å². The topological polar surface area (TPSA) is 43.1 Å². The lowest BCUT2D eigenvalue weighted by Crippen LogP contribution is -2.31. The summed E-state index contributed by atoms with van der Waals surface area (Å²) in [7, 11) is 0. The molecule has 0 radical (unpaired) electrons. The third-order valence-corrected chi connectivity index (χ3v) is 2.16. The predicted molar refractivity (Wildman–Crippen MR) is 57.9 cm³/mol. The molecule has 0 fully saturated rings. The summed E-state index contributed by atoms with van der Waals surface area (Å²) in [5.41, 5.74) is 5.97. The maximum Gasteiger partial charge on any atom is 0.154 e. The zero-order valence-electron chi connectivity index (χ0n) is 8.45. The predicted octanol–water partition coefficient (Wildman–Crippen LogP) is 1.84. The molecule has 1 aromatic carbocycles. The summed E-state index contributed by atoms with van der Waals surface area (Å²) in [6.07, 6.45) is 2.05. The van der Waals surface area contributed by atoms with Crippen LogP contribution in [0.2, 0.25) is 0 Å². The average molecular weight is 207 g/mol. The molecular weight excluding hydrogens is 193 g/mol. The Labute approximate surface area is 88.6 Å². The maximum absolute atomic E-state index is 13.2. The first-order chi connectivity index (χ1) is 7.15. The highest BCUT2D eigenvalue weighted by molar-refractivity contribution is 5.86. The van der Waals surface area contributed by atoms with E-state index in [1.54, 1.807) is 24.3 Å². The Morgan fingerprint density at radius 2 is 2.20 bits per heavy atom. The molecule has 0 heterocycles. The molecule has 1 unspecified atom stereocenters. The lowest BCUT2D eigenvalue weighted by atomic mass is 10.0. The van der Waals surface area contributed by atoms with Crippen molar-refractivity contribution in [2.45, 2.75) is 18.9 Å². The van der Waals surface area contributed by atoms with E-state index in [2.05, 4.69) is 6.58 Å². The third kappa shape index (κ3) is 3.29. The maximum atomic E-state index is 13.2. The van der Waals surface area contributed by atoms with Crippen LogP contribution in [0.15, 0.2) is 36.9 Å². The van der Waals surface area contributed by atoms with Crippen LogP contribution in [0.5, 0.6) is 0 Å². The molecule has 3 heteroatoms. The molecule has 2 N–H and O–H groups in total. The molecule has 0 aliphatic rings. The monoisotopic (exact) mass is 207 g/mol. The second-order valence-electron chi connectivity index (χ2n) is 3.37. The molecular formula is C12H14FNO. The summed E-state index contributed by atoms with van der Waals surface area (Å²) in [5, 5.41) is 0. The van der Waals surface area contributed by atoms with Crippen LogP contribution >= 0.6 is 0 Å². The summed E-state index contributed by atoms with van der Waals surface area (Å²) in [6.45, 7) is 3.50. The van der Waals surface area contributed by atoms with Crippen LogP contribution in [0.25, 0.3) is 0 Å². The van der Waals surface area contributed by atoms with Gasteiger partial charge in [-0.15, -0.1) is 6.58 Å². The van der Waals surface area contributed by atoms with Gasteiger partial charge in [-0.3, -0.25) is 4.79 Å². The molecule has 0 saturated heterocycles. The van der Waals surface area contributed by atoms with Crippen LogP contribution in [-0.2, 0) is 11.2 Å². The van der Waals surface area contributed by atoms with E-state index in [0.717, 1.165) is 0 Å². The largest absolute Gasteiger partial charge is 0.321 e. The van der Waals surface area contributed by atoms with E-state index in [0.29, 0.717) is 12.0 Å². The molecule has 15 heavy (non-hydrogen) atoms. The van der Waals surface area contributed by atoms with Crippen molar-refractivity contribution in [1.82, 2.24) is 0 Å². The minimum atomic E-state index is -0.581. The van der Waals surface area contributed by atoms with Gasteiger partial charge in [-0.25, -0.2) is 4.39 Å². The number of rotatable bonds is 5. The van der Waals surface area contributed by atoms with Gasteiger partial charge in [0.15, 0.2) is 5.78 Å². The summed E-state index contributed by atoms with van der Waals surface area (Å²) >= 11 is 0. The van der Waals surface area contributed by atoms with Gasteiger partial charge in [0.05, 0.1) is 6.04 Å². The summed E-state index contributed by atoms with van der Waals surface area (Å²) in [5.74, 6) is -0.531. The lowest BCUT2D eigenvalue weighted by molar-refractivity contribution is -0.119. The van der Waals surface area contributed by atoms with Crippen LogP contribution in [0, 0.1) is 5.82 Å². The van der Waals surface area contributed by atoms with E-state index in [1.165, 1.54) is 6.07 Å². The van der Waals surface area contributed by atoms with Crippen molar-refractivity contribution in [1.29, 1.82) is 0 Å². The molecule has 0 aliphatic heterocycles. The van der Waals surface area contributed by atoms with Gasteiger partial charge in [0.25, 0.3) is 0 Å². The van der Waals surface area contributed by atoms with Crippen molar-refractivity contribution in [3.05, 3.63) is 48.3 Å². The Hall–Kier alpha value is -1.48. The van der Waals surface area contributed by atoms with Gasteiger partial charge < -0.3 is 5.73 Å². The zero-order valence-corrected chi connectivity index (χ0v) is 8.45. The van der Waals surface area contributed by atoms with Crippen molar-refractivity contribution < 1.29 is 9.18 Å². The number of carbonyl (C=O) groups excluding carboxylic acids is 1. The Morgan fingerprint density at radius 1 is 1.53 bits per heavy atom. The van der Waals surface area contributed by atoms with E-state index in [-0.39, 0.29) is 18.0 Å². The van der Waals surface area contributed by atoms with Crippen molar-refractivity contribution in [3.63, 3.8) is 0 Å². The first-order valence-electron chi connectivity index (χ1n) is 4.77. The second-order valence-corrected chi connectivity index (χ2v) is 3.37. The Balaban J connectivity index is 2.66. The van der Waals surface area contributed by atoms with Gasteiger partial charge in [-0.05, 0) is 18.1 Å². The molecule has 2 nitrogen and oxygen atoms in total. The van der Waals surface area contributed by atoms with Gasteiger partial charge in [0, 0.05) is 6.42 Å². The lowest BCUT2D eigenvalue weighted by Gasteiger charge is -2.08. The van der Waals surface area contributed by atoms with Crippen molar-refractivity contribution in [2.24, 2.45) is 5.73 Å². The average Bonchev–Trinajstić information content (AvgIpc) is 2.21. The molecule has 0 aliphatic carbocycles. The van der Waals surface area contributed by atoms with Crippen molar-refractivity contribution >= 4 is 5.78 Å². The fourth-order valence-corrected chi connectivity index (χ4v) is 1.27. The highest BCUT2D eigenvalue weighted by Gasteiger charge is 2.13. The first-order valence-corrected chi connectivity index (χ1v) is 4.77. The van der Waals surface area contributed by atoms with Gasteiger partial charge in [0.2, 0.25) is 0 Å². The standard InChI is InChI=1S/C12H14FNO/c1-2-5-11(14)12(15)8-9-6-3-4-7-10(9)13/h2-4,6-7,11H,1,5,8,14H2. The van der Waals surface area contributed by atoms with E-state index in [9.17, 15) is 9.18 Å². The number of hydrogen-bond acceptors (Lipinski definition) is 2. The van der Waals surface area contributed by atoms with Gasteiger partial charge in [-0.1, -0.05) is 24.3 Å². The van der Waals surface area contributed by atoms with Crippen molar-refractivity contribution in [3.8, 4) is 0 Å². The minimum Gasteiger partial charge on any atom is -0.321 e. The Morgan fingerprint density at radius 3 is 2.80 bits per heavy atom. The fourth-order valence-electron chi connectivity index (χ4n) is 1.27. The normalized spacial score (nSPS) is 12.1. The molecule has 0 amide bonds. The molecule has 0 aromatic heterocycles. The van der Waals surface area contributed by atoms with Gasteiger partial charge in [0.1, 0.15) is 5.82 Å². The van der Waals surface area contributed by atoms with Crippen LogP contribution in [-0.4, -0.2) is 11.8 Å². The molecule has 1 aromatic rings. The van der Waals surface area contributed by atoms with Crippen LogP contribution in [0.4, 0.5) is 4.39 Å². The fraction of sp³-hybridized carbons (Fsp3) is 0.250. The quantitative estimate of drug-likeness (QED) is 0.749. The van der Waals surface area contributed by atoms with Gasteiger partial charge >= 0.3 is 0 Å². The molecule has 80 valence electrons. The molecule has 1 rings (SSSR count). The highest BCUT2D eigenvalue weighted by Crippen LogP contribution is 2.08. The number of Topliss-reactive ketones (excluding diaryl/α,β-unsaturated/α-hetero) is 1. The van der Waals surface area contributed by atoms with Crippen LogP contribution < -0.4 is 5.73 Å². The second kappa shape index (κ2) is 5.41. The zero-order chi connectivity index (χ0) is 11.3. The molecule has 0 spiro atoms. The molecule has 1 atom stereocenters. The third-order valence-electron chi connectivity index (χ3n) is 2.16. The van der Waals surface area contributed by atoms with E-state index in [4.69, 9.17) is 5.73 Å². The first kappa shape index (κ1) is 11.6. The molecule has 0 bridgehead atoms. The van der Waals surface area contributed by atoms with E-state index < -0.39 is 6.04 Å². The van der Waals surface area contributed by atoms with Gasteiger partial charge in [-0.2, -0.15) is 0 Å². The SMILES string of the molecule is C=CCC(N)C(=O)Cc1ccccc1F. The Bertz CT molecular complexity index is 362. The van der Waals surface area contributed by atoms with Crippen LogP contribution in [0.3, 0.4) is 0 Å². The van der Waals surface area contributed by atoms with E-state index in [1.807, 2.05) is 0 Å². The number of halogens is 1. The number of ketones is 1. The summed E-state index contributed by atoms with van der Waals surface area (Å²) < 4.78 is 13.2. The summed E-state index contributed by atoms with van der Waals surface area (Å²) in [4.78, 5) is 11.5.